The molecule has 0 saturated carbocycles. The number of esters is 3. The van der Waals surface area contributed by atoms with Crippen LogP contribution in [0.5, 0.6) is 0 Å². The first kappa shape index (κ1) is 134. The van der Waals surface area contributed by atoms with Crippen molar-refractivity contribution in [3.05, 3.63) is 146 Å². The van der Waals surface area contributed by atoms with Gasteiger partial charge in [-0.15, -0.1) is 0 Å². The summed E-state index contributed by atoms with van der Waals surface area (Å²) >= 11 is 0. The number of carbonyl (C=O) groups is 3. The third-order valence-corrected chi connectivity index (χ3v) is 27.4. The van der Waals surface area contributed by atoms with Crippen molar-refractivity contribution in [1.82, 2.24) is 0 Å². The zero-order valence-electron chi connectivity index (χ0n) is 89.9. The summed E-state index contributed by atoms with van der Waals surface area (Å²) < 4.78 is 61.9. The van der Waals surface area contributed by atoms with Crippen LogP contribution >= 0.6 is 15.6 Å². The summed E-state index contributed by atoms with van der Waals surface area (Å²) in [6.45, 7) is 2.73. The van der Waals surface area contributed by atoms with E-state index < -0.39 is 91.5 Å². The van der Waals surface area contributed by atoms with Gasteiger partial charge >= 0.3 is 33.6 Å². The topological polar surface area (TPSA) is 231 Å². The first-order valence-electron chi connectivity index (χ1n) is 58.1. The monoisotopic (exact) mass is 1990 g/mol. The molecule has 0 aliphatic rings. The van der Waals surface area contributed by atoms with Gasteiger partial charge in [0.05, 0.1) is 26.4 Å². The summed E-state index contributed by atoms with van der Waals surface area (Å²) in [5.74, 6) is -1.54. The maximum Gasteiger partial charge on any atom is 0.472 e. The minimum atomic E-state index is -4.95. The Morgan fingerprint density at radius 3 is 0.568 bits per heavy atom. The fraction of sp³-hybridized carbons (Fsp3) is 0.777. The van der Waals surface area contributed by atoms with Gasteiger partial charge in [0, 0.05) is 19.3 Å². The van der Waals surface area contributed by atoms with Gasteiger partial charge in [-0.3, -0.25) is 32.5 Å². The molecule has 0 heterocycles. The lowest BCUT2D eigenvalue weighted by molar-refractivity contribution is -0.161. The summed E-state index contributed by atoms with van der Waals surface area (Å²) in [5.41, 5.74) is 0. The van der Waals surface area contributed by atoms with Crippen molar-refractivity contribution in [2.45, 2.75) is 566 Å². The molecule has 5 unspecified atom stereocenters. The van der Waals surface area contributed by atoms with Gasteiger partial charge in [0.1, 0.15) is 25.4 Å². The van der Waals surface area contributed by atoms with Crippen LogP contribution in [0.4, 0.5) is 0 Å². The van der Waals surface area contributed by atoms with E-state index in [4.69, 9.17) is 32.3 Å². The second-order valence-electron chi connectivity index (χ2n) is 39.2. The average molecular weight is 1990 g/mol. The maximum absolute atomic E-state index is 13.2. The summed E-state index contributed by atoms with van der Waals surface area (Å²) in [6.07, 6.45) is 147. The Kier molecular flexibility index (Phi) is 108. The average Bonchev–Trinajstić information content (AvgIpc) is 0.891. The number of aliphatic hydroxyl groups excluding tert-OH is 2. The molecule has 806 valence electrons. The molecule has 18 heteroatoms. The number of aliphatic hydroxyl groups is 2. The zero-order chi connectivity index (χ0) is 101. The van der Waals surface area contributed by atoms with Gasteiger partial charge in [-0.2, -0.15) is 0 Å². The highest BCUT2D eigenvalue weighted by Crippen LogP contribution is 2.45. The Balaban J connectivity index is 4.57. The van der Waals surface area contributed by atoms with E-state index in [0.717, 1.165) is 122 Å². The van der Waals surface area contributed by atoms with Gasteiger partial charge in [-0.1, -0.05) is 520 Å². The molecular weight excluding hydrogens is 1770 g/mol. The van der Waals surface area contributed by atoms with Crippen molar-refractivity contribution in [2.75, 3.05) is 39.6 Å². The second-order valence-corrected chi connectivity index (χ2v) is 42.1. The number of hydrogen-bond acceptors (Lipinski definition) is 14. The molecule has 0 fully saturated rings. The van der Waals surface area contributed by atoms with Crippen molar-refractivity contribution in [1.29, 1.82) is 0 Å². The van der Waals surface area contributed by atoms with Crippen LogP contribution in [0.15, 0.2) is 146 Å². The van der Waals surface area contributed by atoms with E-state index in [9.17, 15) is 43.5 Å². The third-order valence-electron chi connectivity index (χ3n) is 25.5. The van der Waals surface area contributed by atoms with Gasteiger partial charge < -0.3 is 34.2 Å². The quantitative estimate of drug-likeness (QED) is 0.0146. The van der Waals surface area contributed by atoms with E-state index in [0.29, 0.717) is 19.3 Å². The SMILES string of the molecule is CCCCC/C=C\C/C=C\C/C=C\C/C=C\CCCCCCCCCCCCCCCCCCCCCC(=O)OCC(O)COP(=O)(O)OCC(O)COP(=O)(O)OCC(COC(=O)CCCCCCCCCCCCCCCCCCCCC/C=C\C/C=C\C/C=C\C/C=C\CCCCC)OC(=O)CCCCCCCCCCCCCCCCCCC/C=C\C/C=C\C/C=C\C/C=C\CCCCC. The minimum absolute atomic E-state index is 0.107. The molecule has 0 aliphatic carbocycles. The van der Waals surface area contributed by atoms with Crippen molar-refractivity contribution in [3.63, 3.8) is 0 Å². The number of phosphoric ester groups is 2. The molecule has 0 aliphatic heterocycles. The first-order valence-corrected chi connectivity index (χ1v) is 61.1. The molecule has 0 aromatic rings. The van der Waals surface area contributed by atoms with Crippen LogP contribution in [0.1, 0.15) is 547 Å². The van der Waals surface area contributed by atoms with Crippen LogP contribution in [0.3, 0.4) is 0 Å². The van der Waals surface area contributed by atoms with Crippen molar-refractivity contribution >= 4 is 33.6 Å². The lowest BCUT2D eigenvalue weighted by atomic mass is 10.0. The highest BCUT2D eigenvalue weighted by atomic mass is 31.2. The molecule has 139 heavy (non-hydrogen) atoms. The van der Waals surface area contributed by atoms with Crippen molar-refractivity contribution in [2.24, 2.45) is 0 Å². The highest BCUT2D eigenvalue weighted by Gasteiger charge is 2.30. The summed E-state index contributed by atoms with van der Waals surface area (Å²) in [7, 11) is -9.82. The molecule has 0 rings (SSSR count). The fourth-order valence-corrected chi connectivity index (χ4v) is 18.3. The summed E-state index contributed by atoms with van der Waals surface area (Å²) in [4.78, 5) is 59.4. The largest absolute Gasteiger partial charge is 0.472 e. The van der Waals surface area contributed by atoms with Crippen LogP contribution in [0.2, 0.25) is 0 Å². The Bertz CT molecular complexity index is 3110. The maximum atomic E-state index is 13.2. The lowest BCUT2D eigenvalue weighted by Gasteiger charge is -2.21. The number of ether oxygens (including phenoxy) is 3. The third kappa shape index (κ3) is 114. The van der Waals surface area contributed by atoms with E-state index in [1.165, 1.54) is 366 Å². The molecule has 0 spiro atoms. The Morgan fingerprint density at radius 1 is 0.201 bits per heavy atom. The Morgan fingerprint density at radius 2 is 0.360 bits per heavy atom. The molecule has 0 aromatic carbocycles. The van der Waals surface area contributed by atoms with Crippen LogP contribution in [-0.4, -0.2) is 95.9 Å². The van der Waals surface area contributed by atoms with E-state index in [1.807, 2.05) is 0 Å². The molecule has 0 amide bonds. The Labute approximate surface area is 855 Å². The number of hydrogen-bond donors (Lipinski definition) is 4. The van der Waals surface area contributed by atoms with E-state index in [1.54, 1.807) is 0 Å². The second kappa shape index (κ2) is 112. The predicted octanol–water partition coefficient (Wildman–Crippen LogP) is 37.7. The van der Waals surface area contributed by atoms with E-state index in [2.05, 4.69) is 167 Å². The first-order chi connectivity index (χ1) is 68.2. The normalized spacial score (nSPS) is 14.0. The number of unbranched alkanes of at least 4 members (excludes halogenated alkanes) is 64. The molecule has 5 atom stereocenters. The minimum Gasteiger partial charge on any atom is -0.463 e. The summed E-state index contributed by atoms with van der Waals surface area (Å²) in [5, 5.41) is 20.9. The molecule has 16 nitrogen and oxygen atoms in total. The highest BCUT2D eigenvalue weighted by molar-refractivity contribution is 7.47. The van der Waals surface area contributed by atoms with E-state index in [-0.39, 0.29) is 19.3 Å². The number of carbonyl (C=O) groups excluding carboxylic acids is 3. The van der Waals surface area contributed by atoms with Gasteiger partial charge in [-0.05, 0) is 154 Å². The smallest absolute Gasteiger partial charge is 0.463 e. The molecule has 0 saturated heterocycles. The van der Waals surface area contributed by atoms with Gasteiger partial charge in [0.15, 0.2) is 6.10 Å². The molecule has 0 bridgehead atoms. The van der Waals surface area contributed by atoms with Crippen molar-refractivity contribution < 1.29 is 75.8 Å². The van der Waals surface area contributed by atoms with Gasteiger partial charge in [0.25, 0.3) is 0 Å². The van der Waals surface area contributed by atoms with Crippen LogP contribution < -0.4 is 0 Å². The van der Waals surface area contributed by atoms with Crippen LogP contribution in [0, 0.1) is 0 Å². The van der Waals surface area contributed by atoms with Gasteiger partial charge in [0.2, 0.25) is 0 Å². The Hall–Kier alpha value is -4.57. The molecule has 0 radical (unpaired) electrons. The summed E-state index contributed by atoms with van der Waals surface area (Å²) in [6, 6.07) is 0. The standard InChI is InChI=1S/C121H216O16P2/c1-4-7-10-13-16-19-22-25-28-31-34-37-40-43-46-49-52-55-57-60-62-65-68-71-74-77-80-83-86-89-92-95-98-101-104-107-119(124)131-110-116(122)111-133-138(127,128)134-112-117(123)113-135-139(129,130)136-115-118(137-121(126)109-106-103-100-97-94-91-88-85-82-79-76-73-70-67-64-59-54-51-48-45-42-39-36-33-30-27-24-21-18-15-12-9-6-3)114-132-120(125)108-105-102-99-96-93-90-87-84-81-78-75-72-69-66-63-61-58-56-53-50-47-44-41-38-35-32-29-26-23-20-17-14-11-8-5-2/h16-21,25-30,34-39,43-48,116-118,122-123H,4-15,22-24,31-33,40-42,49-115H2,1-3H3,(H,127,128)(H,129,130)/b19-16-,20-17-,21-18-,28-25-,29-26-,30-27-,37-34-,38-35-,39-36-,46-43-,47-44-,48-45-. The lowest BCUT2D eigenvalue weighted by Crippen LogP contribution is -2.30. The fourth-order valence-electron chi connectivity index (χ4n) is 16.7. The predicted molar refractivity (Wildman–Crippen MR) is 593 cm³/mol. The molecule has 4 N–H and O–H groups in total. The van der Waals surface area contributed by atoms with Gasteiger partial charge in [-0.25, -0.2) is 9.13 Å². The zero-order valence-corrected chi connectivity index (χ0v) is 91.7. The van der Waals surface area contributed by atoms with Crippen LogP contribution in [-0.2, 0) is 55.8 Å². The number of rotatable bonds is 111. The molecular formula is C121H216O16P2. The number of phosphoric acid groups is 2. The van der Waals surface area contributed by atoms with E-state index >= 15 is 0 Å². The molecule has 0 aromatic heterocycles. The number of allylic oxidation sites excluding steroid dienone is 24. The van der Waals surface area contributed by atoms with Crippen molar-refractivity contribution in [3.8, 4) is 0 Å². The van der Waals surface area contributed by atoms with Crippen LogP contribution in [0.25, 0.3) is 0 Å².